The fraction of sp³-hybridized carbons (Fsp3) is 0. The number of hydrogen-bond acceptors (Lipinski definition) is 1. The Kier molecular flexibility index (Phi) is 1.42. The van der Waals surface area contributed by atoms with Crippen LogP contribution in [0, 0.1) is 5.82 Å². The van der Waals surface area contributed by atoms with Gasteiger partial charge in [-0.1, -0.05) is 15.9 Å². The van der Waals surface area contributed by atoms with Gasteiger partial charge in [0.1, 0.15) is 5.82 Å². The Hall–Kier alpha value is -0.900. The van der Waals surface area contributed by atoms with Gasteiger partial charge in [0.25, 0.3) is 0 Å². The normalized spacial score (nSPS) is 10.7. The van der Waals surface area contributed by atoms with Crippen molar-refractivity contribution in [3.8, 4) is 0 Å². The van der Waals surface area contributed by atoms with Gasteiger partial charge >= 0.3 is 0 Å². The predicted octanol–water partition coefficient (Wildman–Crippen LogP) is 2.46. The Morgan fingerprint density at radius 3 is 3.09 bits per heavy atom. The SMILES string of the molecule is Fc1cc(Br)cc2[nH]ncc12. The molecule has 0 saturated heterocycles. The van der Waals surface area contributed by atoms with Crippen molar-refractivity contribution in [1.29, 1.82) is 0 Å². The number of aromatic amines is 1. The van der Waals surface area contributed by atoms with Crippen LogP contribution in [0.2, 0.25) is 0 Å². The van der Waals surface area contributed by atoms with Crippen LogP contribution in [0.1, 0.15) is 0 Å². The monoisotopic (exact) mass is 214 g/mol. The van der Waals surface area contributed by atoms with Crippen molar-refractivity contribution in [2.75, 3.05) is 0 Å². The van der Waals surface area contributed by atoms with Gasteiger partial charge in [-0.3, -0.25) is 5.10 Å². The minimum atomic E-state index is -0.261. The lowest BCUT2D eigenvalue weighted by Crippen LogP contribution is -1.75. The highest BCUT2D eigenvalue weighted by atomic mass is 79.9. The molecule has 0 fully saturated rings. The molecule has 0 radical (unpaired) electrons. The van der Waals surface area contributed by atoms with E-state index in [1.54, 1.807) is 6.07 Å². The van der Waals surface area contributed by atoms with Crippen molar-refractivity contribution >= 4 is 26.8 Å². The molecule has 0 aliphatic carbocycles. The van der Waals surface area contributed by atoms with Crippen molar-refractivity contribution in [2.24, 2.45) is 0 Å². The van der Waals surface area contributed by atoms with Gasteiger partial charge < -0.3 is 0 Å². The predicted molar refractivity (Wildman–Crippen MR) is 43.8 cm³/mol. The number of rotatable bonds is 0. The number of hydrogen-bond donors (Lipinski definition) is 1. The summed E-state index contributed by atoms with van der Waals surface area (Å²) in [7, 11) is 0. The molecule has 0 unspecified atom stereocenters. The van der Waals surface area contributed by atoms with E-state index in [0.717, 1.165) is 0 Å². The number of H-pyrrole nitrogens is 1. The minimum Gasteiger partial charge on any atom is -0.278 e. The Morgan fingerprint density at radius 2 is 2.27 bits per heavy atom. The number of halogens is 2. The van der Waals surface area contributed by atoms with Crippen molar-refractivity contribution in [3.63, 3.8) is 0 Å². The smallest absolute Gasteiger partial charge is 0.135 e. The molecule has 1 aromatic heterocycles. The molecular formula is C7H4BrFN2. The Bertz CT molecular complexity index is 396. The highest BCUT2D eigenvalue weighted by molar-refractivity contribution is 9.10. The topological polar surface area (TPSA) is 28.7 Å². The third-order valence-electron chi connectivity index (χ3n) is 1.47. The summed E-state index contributed by atoms with van der Waals surface area (Å²) in [5, 5.41) is 6.92. The van der Waals surface area contributed by atoms with Gasteiger partial charge in [0.15, 0.2) is 0 Å². The molecule has 2 aromatic rings. The number of nitrogens with zero attached hydrogens (tertiary/aromatic N) is 1. The average Bonchev–Trinajstić information content (AvgIpc) is 2.34. The molecule has 0 bridgehead atoms. The van der Waals surface area contributed by atoms with E-state index in [0.29, 0.717) is 15.4 Å². The van der Waals surface area contributed by atoms with Gasteiger partial charge in [0.2, 0.25) is 0 Å². The molecule has 0 saturated carbocycles. The zero-order valence-corrected chi connectivity index (χ0v) is 7.02. The van der Waals surface area contributed by atoms with E-state index < -0.39 is 0 Å². The van der Waals surface area contributed by atoms with Crippen LogP contribution < -0.4 is 0 Å². The van der Waals surface area contributed by atoms with Gasteiger partial charge in [0, 0.05) is 4.47 Å². The van der Waals surface area contributed by atoms with Crippen LogP contribution in [0.5, 0.6) is 0 Å². The van der Waals surface area contributed by atoms with E-state index >= 15 is 0 Å². The second kappa shape index (κ2) is 2.30. The van der Waals surface area contributed by atoms with Crippen LogP contribution in [-0.4, -0.2) is 10.2 Å². The molecule has 0 aliphatic rings. The first-order valence-corrected chi connectivity index (χ1v) is 3.85. The Morgan fingerprint density at radius 1 is 1.45 bits per heavy atom. The number of benzene rings is 1. The first-order valence-electron chi connectivity index (χ1n) is 3.05. The van der Waals surface area contributed by atoms with Crippen molar-refractivity contribution in [2.45, 2.75) is 0 Å². The molecule has 2 nitrogen and oxygen atoms in total. The largest absolute Gasteiger partial charge is 0.278 e. The van der Waals surface area contributed by atoms with Gasteiger partial charge in [-0.05, 0) is 12.1 Å². The third kappa shape index (κ3) is 1.03. The standard InChI is InChI=1S/C7H4BrFN2/c8-4-1-6(9)5-3-10-11-7(5)2-4/h1-3H,(H,10,11). The van der Waals surface area contributed by atoms with E-state index in [1.165, 1.54) is 12.3 Å². The first kappa shape index (κ1) is 6.79. The van der Waals surface area contributed by atoms with Crippen LogP contribution >= 0.6 is 15.9 Å². The maximum Gasteiger partial charge on any atom is 0.135 e. The number of aromatic nitrogens is 2. The van der Waals surface area contributed by atoms with Crippen LogP contribution in [0.4, 0.5) is 4.39 Å². The Balaban J connectivity index is 2.91. The summed E-state index contributed by atoms with van der Waals surface area (Å²) in [6.45, 7) is 0. The molecule has 56 valence electrons. The van der Waals surface area contributed by atoms with Gasteiger partial charge in [-0.15, -0.1) is 0 Å². The van der Waals surface area contributed by atoms with E-state index in [4.69, 9.17) is 0 Å². The molecule has 0 aliphatic heterocycles. The zero-order chi connectivity index (χ0) is 7.84. The molecule has 0 amide bonds. The Labute approximate surface area is 70.5 Å². The molecule has 2 rings (SSSR count). The summed E-state index contributed by atoms with van der Waals surface area (Å²) >= 11 is 3.18. The minimum absolute atomic E-state index is 0.261. The van der Waals surface area contributed by atoms with E-state index in [2.05, 4.69) is 26.1 Å². The molecule has 0 atom stereocenters. The van der Waals surface area contributed by atoms with E-state index in [-0.39, 0.29) is 5.82 Å². The highest BCUT2D eigenvalue weighted by Crippen LogP contribution is 2.20. The van der Waals surface area contributed by atoms with Gasteiger partial charge in [-0.25, -0.2) is 4.39 Å². The van der Waals surface area contributed by atoms with Crippen LogP contribution in [0.15, 0.2) is 22.8 Å². The van der Waals surface area contributed by atoms with Crippen molar-refractivity contribution in [3.05, 3.63) is 28.6 Å². The third-order valence-corrected chi connectivity index (χ3v) is 1.93. The van der Waals surface area contributed by atoms with Crippen molar-refractivity contribution < 1.29 is 4.39 Å². The molecular weight excluding hydrogens is 211 g/mol. The van der Waals surface area contributed by atoms with Crippen LogP contribution in [-0.2, 0) is 0 Å². The number of nitrogens with one attached hydrogen (secondary N) is 1. The fourth-order valence-electron chi connectivity index (χ4n) is 0.975. The molecule has 1 heterocycles. The highest BCUT2D eigenvalue weighted by Gasteiger charge is 2.02. The summed E-state index contributed by atoms with van der Waals surface area (Å²) in [6.07, 6.45) is 1.47. The lowest BCUT2D eigenvalue weighted by atomic mass is 10.2. The maximum absolute atomic E-state index is 13.0. The molecule has 0 spiro atoms. The lowest BCUT2D eigenvalue weighted by Gasteiger charge is -1.91. The van der Waals surface area contributed by atoms with Gasteiger partial charge in [0.05, 0.1) is 17.1 Å². The average molecular weight is 215 g/mol. The summed E-state index contributed by atoms with van der Waals surface area (Å²) in [5.74, 6) is -0.261. The zero-order valence-electron chi connectivity index (χ0n) is 5.44. The second-order valence-corrected chi connectivity index (χ2v) is 3.13. The quantitative estimate of drug-likeness (QED) is 0.718. The molecule has 1 N–H and O–H groups in total. The van der Waals surface area contributed by atoms with E-state index in [9.17, 15) is 4.39 Å². The summed E-state index contributed by atoms with van der Waals surface area (Å²) < 4.78 is 13.7. The van der Waals surface area contributed by atoms with Crippen LogP contribution in [0.3, 0.4) is 0 Å². The summed E-state index contributed by atoms with van der Waals surface area (Å²) in [4.78, 5) is 0. The summed E-state index contributed by atoms with van der Waals surface area (Å²) in [6, 6.07) is 3.20. The van der Waals surface area contributed by atoms with Gasteiger partial charge in [-0.2, -0.15) is 5.10 Å². The molecule has 11 heavy (non-hydrogen) atoms. The number of fused-ring (bicyclic) bond motifs is 1. The maximum atomic E-state index is 13.0. The second-order valence-electron chi connectivity index (χ2n) is 2.22. The molecule has 4 heteroatoms. The van der Waals surface area contributed by atoms with E-state index in [1.807, 2.05) is 0 Å². The molecule has 1 aromatic carbocycles. The first-order chi connectivity index (χ1) is 5.27. The van der Waals surface area contributed by atoms with Crippen molar-refractivity contribution in [1.82, 2.24) is 10.2 Å². The van der Waals surface area contributed by atoms with Crippen LogP contribution in [0.25, 0.3) is 10.9 Å². The fourth-order valence-corrected chi connectivity index (χ4v) is 1.40. The summed E-state index contributed by atoms with van der Waals surface area (Å²) in [5.41, 5.74) is 0.705. The lowest BCUT2D eigenvalue weighted by molar-refractivity contribution is 0.639.